The van der Waals surface area contributed by atoms with E-state index in [1.807, 2.05) is 27.1 Å². The van der Waals surface area contributed by atoms with Crippen molar-refractivity contribution in [2.24, 2.45) is 30.5 Å². The van der Waals surface area contributed by atoms with E-state index in [1.54, 1.807) is 4.68 Å². The summed E-state index contributed by atoms with van der Waals surface area (Å²) in [6, 6.07) is 0.0403. The Kier molecular flexibility index (Phi) is 4.63. The highest BCUT2D eigenvalue weighted by atomic mass is 35.5. The summed E-state index contributed by atoms with van der Waals surface area (Å²) in [7, 11) is 1.90. The maximum atomic E-state index is 12.5. The summed E-state index contributed by atoms with van der Waals surface area (Å²) in [6.07, 6.45) is 5.48. The molecule has 2 saturated carbocycles. The molecule has 1 heterocycles. The van der Waals surface area contributed by atoms with Crippen LogP contribution in [0.5, 0.6) is 0 Å². The van der Waals surface area contributed by atoms with E-state index >= 15 is 0 Å². The molecule has 5 unspecified atom stereocenters. The number of hydrogen-bond donors (Lipinski definition) is 2. The lowest BCUT2D eigenvalue weighted by Crippen LogP contribution is -2.45. The van der Waals surface area contributed by atoms with Gasteiger partial charge in [-0.05, 0) is 44.9 Å². The molecule has 6 heteroatoms. The van der Waals surface area contributed by atoms with Gasteiger partial charge in [0.2, 0.25) is 5.91 Å². The Morgan fingerprint density at radius 3 is 2.67 bits per heavy atom. The largest absolute Gasteiger partial charge is 0.349 e. The van der Waals surface area contributed by atoms with E-state index in [0.29, 0.717) is 11.8 Å². The highest BCUT2D eigenvalue weighted by Crippen LogP contribution is 2.47. The van der Waals surface area contributed by atoms with E-state index in [-0.39, 0.29) is 36.3 Å². The van der Waals surface area contributed by atoms with Crippen LogP contribution >= 0.6 is 12.4 Å². The number of nitrogens with one attached hydrogen (secondary N) is 1. The Labute approximate surface area is 132 Å². The molecular weight excluding hydrogens is 288 g/mol. The molecule has 1 aromatic heterocycles. The summed E-state index contributed by atoms with van der Waals surface area (Å²) >= 11 is 0. The molecule has 2 aliphatic rings. The SMILES string of the molecule is Cc1nn(C)cc1C(C)NC(=O)C1C2CCC(C2)C1N.Cl. The molecule has 1 aromatic rings. The molecule has 2 aliphatic carbocycles. The Morgan fingerprint density at radius 1 is 1.48 bits per heavy atom. The highest BCUT2D eigenvalue weighted by Gasteiger charge is 2.49. The van der Waals surface area contributed by atoms with Gasteiger partial charge in [0.05, 0.1) is 17.7 Å². The first-order chi connectivity index (χ1) is 9.47. The highest BCUT2D eigenvalue weighted by molar-refractivity contribution is 5.85. The number of carbonyl (C=O) groups is 1. The Balaban J connectivity index is 0.00000161. The lowest BCUT2D eigenvalue weighted by molar-refractivity contribution is -0.127. The molecule has 118 valence electrons. The van der Waals surface area contributed by atoms with Crippen molar-refractivity contribution in [1.29, 1.82) is 0 Å². The maximum Gasteiger partial charge on any atom is 0.225 e. The second-order valence-corrected chi connectivity index (χ2v) is 6.51. The molecule has 0 aliphatic heterocycles. The summed E-state index contributed by atoms with van der Waals surface area (Å²) in [6.45, 7) is 3.99. The first-order valence-corrected chi connectivity index (χ1v) is 7.53. The van der Waals surface area contributed by atoms with Crippen molar-refractivity contribution in [3.8, 4) is 0 Å². The first-order valence-electron chi connectivity index (χ1n) is 7.53. The van der Waals surface area contributed by atoms with E-state index in [2.05, 4.69) is 10.4 Å². The van der Waals surface area contributed by atoms with Gasteiger partial charge in [-0.2, -0.15) is 5.10 Å². The van der Waals surface area contributed by atoms with Gasteiger partial charge in [-0.3, -0.25) is 9.48 Å². The van der Waals surface area contributed by atoms with Gasteiger partial charge < -0.3 is 11.1 Å². The van der Waals surface area contributed by atoms with Crippen LogP contribution in [0.4, 0.5) is 0 Å². The normalized spacial score (nSPS) is 31.8. The van der Waals surface area contributed by atoms with Crippen molar-refractivity contribution in [3.63, 3.8) is 0 Å². The van der Waals surface area contributed by atoms with E-state index < -0.39 is 0 Å². The standard InChI is InChI=1S/C15H24N4O.ClH/c1-8(12-7-19(3)18-9(12)2)17-15(20)13-10-4-5-11(6-10)14(13)16;/h7-8,10-11,13-14H,4-6,16H2,1-3H3,(H,17,20);1H. The molecule has 3 rings (SSSR count). The zero-order valence-electron chi connectivity index (χ0n) is 12.9. The quantitative estimate of drug-likeness (QED) is 0.892. The third kappa shape index (κ3) is 2.81. The molecule has 2 fully saturated rings. The Hall–Kier alpha value is -1.07. The van der Waals surface area contributed by atoms with Gasteiger partial charge in [-0.25, -0.2) is 0 Å². The zero-order valence-corrected chi connectivity index (χ0v) is 13.7. The number of amides is 1. The fourth-order valence-corrected chi connectivity index (χ4v) is 4.16. The number of hydrogen-bond acceptors (Lipinski definition) is 3. The van der Waals surface area contributed by atoms with E-state index in [0.717, 1.165) is 24.1 Å². The molecule has 21 heavy (non-hydrogen) atoms. The predicted octanol–water partition coefficient (Wildman–Crippen LogP) is 1.70. The molecule has 5 atom stereocenters. The molecule has 5 nitrogen and oxygen atoms in total. The maximum absolute atomic E-state index is 12.5. The van der Waals surface area contributed by atoms with E-state index in [1.165, 1.54) is 6.42 Å². The molecule has 0 radical (unpaired) electrons. The van der Waals surface area contributed by atoms with Crippen molar-refractivity contribution >= 4 is 18.3 Å². The Morgan fingerprint density at radius 2 is 2.14 bits per heavy atom. The van der Waals surface area contributed by atoms with Crippen molar-refractivity contribution < 1.29 is 4.79 Å². The smallest absolute Gasteiger partial charge is 0.225 e. The molecule has 0 saturated heterocycles. The summed E-state index contributed by atoms with van der Waals surface area (Å²) in [4.78, 5) is 12.5. The third-order valence-electron chi connectivity index (χ3n) is 5.16. The van der Waals surface area contributed by atoms with Crippen LogP contribution in [0.15, 0.2) is 6.20 Å². The van der Waals surface area contributed by atoms with E-state index in [4.69, 9.17) is 5.73 Å². The second kappa shape index (κ2) is 5.97. The molecule has 1 amide bonds. The lowest BCUT2D eigenvalue weighted by atomic mass is 9.84. The predicted molar refractivity (Wildman–Crippen MR) is 84.0 cm³/mol. The zero-order chi connectivity index (χ0) is 14.4. The number of carbonyl (C=O) groups excluding carboxylic acids is 1. The van der Waals surface area contributed by atoms with Gasteiger partial charge in [0.1, 0.15) is 0 Å². The van der Waals surface area contributed by atoms with Gasteiger partial charge in [-0.1, -0.05) is 0 Å². The Bertz CT molecular complexity index is 528. The van der Waals surface area contributed by atoms with Crippen LogP contribution in [0.3, 0.4) is 0 Å². The fraction of sp³-hybridized carbons (Fsp3) is 0.733. The monoisotopic (exact) mass is 312 g/mol. The van der Waals surface area contributed by atoms with Crippen LogP contribution in [-0.2, 0) is 11.8 Å². The van der Waals surface area contributed by atoms with Crippen molar-refractivity contribution in [2.45, 2.75) is 45.2 Å². The van der Waals surface area contributed by atoms with Crippen molar-refractivity contribution in [3.05, 3.63) is 17.5 Å². The third-order valence-corrected chi connectivity index (χ3v) is 5.16. The minimum atomic E-state index is -0.0115. The summed E-state index contributed by atoms with van der Waals surface area (Å²) in [5, 5.41) is 7.47. The number of rotatable bonds is 3. The minimum absolute atomic E-state index is 0. The van der Waals surface area contributed by atoms with Crippen molar-refractivity contribution in [2.75, 3.05) is 0 Å². The molecule has 0 aromatic carbocycles. The molecule has 2 bridgehead atoms. The van der Waals surface area contributed by atoms with Crippen LogP contribution in [0, 0.1) is 24.7 Å². The number of aromatic nitrogens is 2. The van der Waals surface area contributed by atoms with Gasteiger partial charge in [0.15, 0.2) is 0 Å². The van der Waals surface area contributed by atoms with Crippen LogP contribution in [0.2, 0.25) is 0 Å². The number of nitrogens with two attached hydrogens (primary N) is 1. The summed E-state index contributed by atoms with van der Waals surface area (Å²) < 4.78 is 1.79. The average molecular weight is 313 g/mol. The first kappa shape index (κ1) is 16.3. The van der Waals surface area contributed by atoms with Crippen LogP contribution in [0.1, 0.15) is 43.5 Å². The second-order valence-electron chi connectivity index (χ2n) is 6.51. The van der Waals surface area contributed by atoms with Gasteiger partial charge in [-0.15, -0.1) is 12.4 Å². The molecule has 0 spiro atoms. The van der Waals surface area contributed by atoms with Crippen LogP contribution in [-0.4, -0.2) is 21.7 Å². The summed E-state index contributed by atoms with van der Waals surface area (Å²) in [5.41, 5.74) is 8.29. The molecule has 3 N–H and O–H groups in total. The summed E-state index contributed by atoms with van der Waals surface area (Å²) in [5.74, 6) is 1.19. The van der Waals surface area contributed by atoms with Crippen LogP contribution < -0.4 is 11.1 Å². The number of halogens is 1. The minimum Gasteiger partial charge on any atom is -0.349 e. The van der Waals surface area contributed by atoms with Crippen LogP contribution in [0.25, 0.3) is 0 Å². The van der Waals surface area contributed by atoms with E-state index in [9.17, 15) is 4.79 Å². The number of fused-ring (bicyclic) bond motifs is 2. The molecular formula is C15H25ClN4O. The van der Waals surface area contributed by atoms with Crippen molar-refractivity contribution in [1.82, 2.24) is 15.1 Å². The lowest BCUT2D eigenvalue weighted by Gasteiger charge is -2.28. The number of aryl methyl sites for hydroxylation is 2. The average Bonchev–Trinajstić information content (AvgIpc) is 3.03. The van der Waals surface area contributed by atoms with Gasteiger partial charge in [0, 0.05) is 24.8 Å². The fourth-order valence-electron chi connectivity index (χ4n) is 4.16. The van der Waals surface area contributed by atoms with Gasteiger partial charge in [0.25, 0.3) is 0 Å². The number of nitrogens with zero attached hydrogens (tertiary/aromatic N) is 2. The van der Waals surface area contributed by atoms with Gasteiger partial charge >= 0.3 is 0 Å². The topological polar surface area (TPSA) is 72.9 Å².